The Kier molecular flexibility index (Phi) is 6.02. The molecule has 2 aromatic carbocycles. The molecule has 0 unspecified atom stereocenters. The highest BCUT2D eigenvalue weighted by Crippen LogP contribution is 2.05. The van der Waals surface area contributed by atoms with Crippen LogP contribution in [0, 0.1) is 11.6 Å². The Hall–Kier alpha value is -3.00. The summed E-state index contributed by atoms with van der Waals surface area (Å²) in [6, 6.07) is 10.7. The first-order chi connectivity index (χ1) is 11.8. The van der Waals surface area contributed by atoms with E-state index in [1.807, 2.05) is 4.72 Å². The molecule has 0 saturated carbocycles. The summed E-state index contributed by atoms with van der Waals surface area (Å²) in [4.78, 5) is 11.6. The van der Waals surface area contributed by atoms with Crippen LogP contribution in [0.3, 0.4) is 0 Å². The predicted molar refractivity (Wildman–Crippen MR) is 91.1 cm³/mol. The van der Waals surface area contributed by atoms with Gasteiger partial charge in [0.05, 0.1) is 0 Å². The molecule has 0 bridgehead atoms. The van der Waals surface area contributed by atoms with E-state index in [4.69, 9.17) is 0 Å². The second kappa shape index (κ2) is 8.20. The average Bonchev–Trinajstić information content (AvgIpc) is 2.55. The second-order valence-electron chi connectivity index (χ2n) is 4.86. The lowest BCUT2D eigenvalue weighted by molar-refractivity contribution is -0.114. The third kappa shape index (κ3) is 6.56. The van der Waals surface area contributed by atoms with Crippen LogP contribution >= 0.6 is 0 Å². The SMILES string of the molecule is O=C(C=Cc1ccc(F)cc1)NS(=O)(=O)NC=Cc1ccc(F)cc1. The molecule has 0 aliphatic carbocycles. The fourth-order valence-corrected chi connectivity index (χ4v) is 2.37. The Morgan fingerprint density at radius 1 is 0.840 bits per heavy atom. The van der Waals surface area contributed by atoms with Crippen LogP contribution in [0.2, 0.25) is 0 Å². The maximum absolute atomic E-state index is 12.8. The number of hydrogen-bond donors (Lipinski definition) is 2. The van der Waals surface area contributed by atoms with E-state index in [9.17, 15) is 22.0 Å². The average molecular weight is 364 g/mol. The molecule has 0 radical (unpaired) electrons. The number of carbonyl (C=O) groups is 1. The van der Waals surface area contributed by atoms with Crippen LogP contribution < -0.4 is 9.44 Å². The molecule has 130 valence electrons. The summed E-state index contributed by atoms with van der Waals surface area (Å²) in [5.41, 5.74) is 1.12. The van der Waals surface area contributed by atoms with Gasteiger partial charge in [0, 0.05) is 12.3 Å². The standard InChI is InChI=1S/C17H14F2N2O3S/c18-15-6-1-13(2-7-15)5-10-17(22)21-25(23,24)20-12-11-14-3-8-16(19)9-4-14/h1-12,20H,(H,21,22). The van der Waals surface area contributed by atoms with E-state index in [2.05, 4.69) is 0 Å². The van der Waals surface area contributed by atoms with Crippen molar-refractivity contribution in [2.24, 2.45) is 0 Å². The lowest BCUT2D eigenvalue weighted by Gasteiger charge is -2.03. The molecule has 5 nitrogen and oxygen atoms in total. The molecule has 1 amide bonds. The van der Waals surface area contributed by atoms with Crippen LogP contribution in [0.1, 0.15) is 11.1 Å². The number of amides is 1. The van der Waals surface area contributed by atoms with E-state index in [0.717, 1.165) is 12.3 Å². The first-order valence-corrected chi connectivity index (χ1v) is 8.52. The van der Waals surface area contributed by atoms with Gasteiger partial charge in [-0.1, -0.05) is 24.3 Å². The number of nitrogens with one attached hydrogen (secondary N) is 2. The molecular formula is C17H14F2N2O3S. The predicted octanol–water partition coefficient (Wildman–Crippen LogP) is 2.60. The van der Waals surface area contributed by atoms with Gasteiger partial charge in [0.25, 0.3) is 5.91 Å². The summed E-state index contributed by atoms with van der Waals surface area (Å²) < 4.78 is 52.7. The van der Waals surface area contributed by atoms with Crippen molar-refractivity contribution in [1.29, 1.82) is 0 Å². The van der Waals surface area contributed by atoms with E-state index in [-0.39, 0.29) is 0 Å². The van der Waals surface area contributed by atoms with Gasteiger partial charge in [-0.25, -0.2) is 13.5 Å². The zero-order valence-corrected chi connectivity index (χ0v) is 13.6. The zero-order chi connectivity index (χ0) is 18.3. The third-order valence-corrected chi connectivity index (χ3v) is 3.82. The highest BCUT2D eigenvalue weighted by atomic mass is 32.2. The zero-order valence-electron chi connectivity index (χ0n) is 12.8. The summed E-state index contributed by atoms with van der Waals surface area (Å²) in [6.07, 6.45) is 4.86. The van der Waals surface area contributed by atoms with Gasteiger partial charge in [-0.15, -0.1) is 0 Å². The Balaban J connectivity index is 1.90. The second-order valence-corrected chi connectivity index (χ2v) is 6.30. The van der Waals surface area contributed by atoms with E-state index in [1.54, 1.807) is 4.72 Å². The van der Waals surface area contributed by atoms with Gasteiger partial charge in [0.1, 0.15) is 11.6 Å². The van der Waals surface area contributed by atoms with Crippen LogP contribution in [-0.4, -0.2) is 14.3 Å². The molecule has 0 saturated heterocycles. The summed E-state index contributed by atoms with van der Waals surface area (Å²) in [5, 5.41) is 0. The van der Waals surface area contributed by atoms with Crippen molar-refractivity contribution in [2.75, 3.05) is 0 Å². The molecule has 2 N–H and O–H groups in total. The van der Waals surface area contributed by atoms with Crippen molar-refractivity contribution in [1.82, 2.24) is 9.44 Å². The largest absolute Gasteiger partial charge is 0.323 e. The Morgan fingerprint density at radius 2 is 1.32 bits per heavy atom. The van der Waals surface area contributed by atoms with Crippen LogP contribution in [0.15, 0.2) is 60.8 Å². The van der Waals surface area contributed by atoms with E-state index < -0.39 is 27.8 Å². The molecule has 0 aromatic heterocycles. The number of rotatable bonds is 6. The number of carbonyl (C=O) groups excluding carboxylic acids is 1. The van der Waals surface area contributed by atoms with Gasteiger partial charge in [0.2, 0.25) is 0 Å². The maximum atomic E-state index is 12.8. The molecule has 0 atom stereocenters. The van der Waals surface area contributed by atoms with Gasteiger partial charge in [-0.05, 0) is 47.5 Å². The Bertz CT molecular complexity index is 890. The molecular weight excluding hydrogens is 350 g/mol. The van der Waals surface area contributed by atoms with Crippen molar-refractivity contribution in [2.45, 2.75) is 0 Å². The Labute approximate surface area is 143 Å². The van der Waals surface area contributed by atoms with Gasteiger partial charge in [-0.2, -0.15) is 8.42 Å². The normalized spacial score (nSPS) is 11.8. The molecule has 0 spiro atoms. The Morgan fingerprint density at radius 3 is 1.84 bits per heavy atom. The van der Waals surface area contributed by atoms with E-state index in [1.165, 1.54) is 60.7 Å². The van der Waals surface area contributed by atoms with Crippen LogP contribution in [0.4, 0.5) is 8.78 Å². The molecule has 2 rings (SSSR count). The monoisotopic (exact) mass is 364 g/mol. The van der Waals surface area contributed by atoms with E-state index >= 15 is 0 Å². The summed E-state index contributed by atoms with van der Waals surface area (Å²) in [5.74, 6) is -1.69. The van der Waals surface area contributed by atoms with Crippen LogP contribution in [0.5, 0.6) is 0 Å². The van der Waals surface area contributed by atoms with Gasteiger partial charge >= 0.3 is 10.2 Å². The quantitative estimate of drug-likeness (QED) is 0.774. The topological polar surface area (TPSA) is 75.3 Å². The van der Waals surface area contributed by atoms with Crippen molar-refractivity contribution in [3.63, 3.8) is 0 Å². The molecule has 0 fully saturated rings. The molecule has 2 aromatic rings. The summed E-state index contributed by atoms with van der Waals surface area (Å²) in [6.45, 7) is 0. The van der Waals surface area contributed by atoms with Crippen molar-refractivity contribution in [3.8, 4) is 0 Å². The fourth-order valence-electron chi connectivity index (χ4n) is 1.74. The van der Waals surface area contributed by atoms with Crippen LogP contribution in [-0.2, 0) is 15.0 Å². The number of halogens is 2. The van der Waals surface area contributed by atoms with Crippen molar-refractivity contribution >= 4 is 28.3 Å². The number of hydrogen-bond acceptors (Lipinski definition) is 3. The number of benzene rings is 2. The molecule has 0 aliphatic heterocycles. The van der Waals surface area contributed by atoms with Crippen molar-refractivity contribution < 1.29 is 22.0 Å². The highest BCUT2D eigenvalue weighted by molar-refractivity contribution is 7.88. The van der Waals surface area contributed by atoms with Gasteiger partial charge in [0.15, 0.2) is 0 Å². The first kappa shape index (κ1) is 18.3. The molecule has 0 aliphatic rings. The molecule has 0 heterocycles. The first-order valence-electron chi connectivity index (χ1n) is 7.04. The lowest BCUT2D eigenvalue weighted by atomic mass is 10.2. The summed E-state index contributed by atoms with van der Waals surface area (Å²) >= 11 is 0. The van der Waals surface area contributed by atoms with Gasteiger partial charge < -0.3 is 0 Å². The third-order valence-electron chi connectivity index (χ3n) is 2.90. The minimum Gasteiger partial charge on any atom is -0.273 e. The van der Waals surface area contributed by atoms with Gasteiger partial charge in [-0.3, -0.25) is 9.52 Å². The van der Waals surface area contributed by atoms with E-state index in [0.29, 0.717) is 11.1 Å². The smallest absolute Gasteiger partial charge is 0.273 e. The highest BCUT2D eigenvalue weighted by Gasteiger charge is 2.09. The molecule has 25 heavy (non-hydrogen) atoms. The lowest BCUT2D eigenvalue weighted by Crippen LogP contribution is -2.36. The maximum Gasteiger partial charge on any atom is 0.323 e. The minimum absolute atomic E-state index is 0.405. The van der Waals surface area contributed by atoms with Crippen molar-refractivity contribution in [3.05, 3.63) is 83.6 Å². The molecule has 8 heteroatoms. The minimum atomic E-state index is -4.09. The fraction of sp³-hybridized carbons (Fsp3) is 0. The van der Waals surface area contributed by atoms with Crippen LogP contribution in [0.25, 0.3) is 12.2 Å². The summed E-state index contributed by atoms with van der Waals surface area (Å²) in [7, 11) is -4.09.